The van der Waals surface area contributed by atoms with E-state index >= 15 is 0 Å². The first kappa shape index (κ1) is 14.0. The van der Waals surface area contributed by atoms with Gasteiger partial charge in [-0.15, -0.1) is 0 Å². The number of carbonyl (C=O) groups excluding carboxylic acids is 1. The number of hydrogen-bond acceptors (Lipinski definition) is 2. The normalized spacial score (nSPS) is 22.2. The fourth-order valence-electron chi connectivity index (χ4n) is 2.64. The lowest BCUT2D eigenvalue weighted by Crippen LogP contribution is -2.28. The predicted molar refractivity (Wildman–Crippen MR) is 81.2 cm³/mol. The second-order valence-corrected chi connectivity index (χ2v) is 5.88. The molecule has 1 saturated carbocycles. The molecule has 0 spiro atoms. The van der Waals surface area contributed by atoms with Crippen LogP contribution in [-0.2, 0) is 0 Å². The summed E-state index contributed by atoms with van der Waals surface area (Å²) in [7, 11) is 0. The fourth-order valence-corrected chi connectivity index (χ4v) is 2.77. The van der Waals surface area contributed by atoms with Crippen molar-refractivity contribution < 1.29 is 4.79 Å². The molecular weight excluding hydrogens is 256 g/mol. The number of amides is 1. The third-order valence-electron chi connectivity index (χ3n) is 3.79. The highest BCUT2D eigenvalue weighted by molar-refractivity contribution is 7.80. The Balaban J connectivity index is 1.87. The van der Waals surface area contributed by atoms with Crippen molar-refractivity contribution in [1.29, 1.82) is 0 Å². The number of rotatable bonds is 4. The zero-order valence-corrected chi connectivity index (χ0v) is 12.0. The average molecular weight is 276 g/mol. The van der Waals surface area contributed by atoms with Crippen LogP contribution in [-0.4, -0.2) is 17.4 Å². The molecule has 102 valence electrons. The van der Waals surface area contributed by atoms with Gasteiger partial charge in [-0.05, 0) is 36.8 Å². The second kappa shape index (κ2) is 6.15. The SMILES string of the molecule is CC1CCC(CNC(=O)c2ccc(C(N)=S)cc2)C1. The van der Waals surface area contributed by atoms with Gasteiger partial charge in [-0.3, -0.25) is 4.79 Å². The molecule has 1 aromatic rings. The molecule has 0 heterocycles. The van der Waals surface area contributed by atoms with E-state index in [2.05, 4.69) is 12.2 Å². The lowest BCUT2D eigenvalue weighted by molar-refractivity contribution is 0.0947. The monoisotopic (exact) mass is 276 g/mol. The molecular formula is C15H20N2OS. The maximum atomic E-state index is 12.0. The van der Waals surface area contributed by atoms with E-state index in [-0.39, 0.29) is 5.91 Å². The minimum atomic E-state index is -0.0194. The Morgan fingerprint density at radius 2 is 1.95 bits per heavy atom. The molecule has 1 amide bonds. The van der Waals surface area contributed by atoms with Gasteiger partial charge in [0.05, 0.1) is 0 Å². The highest BCUT2D eigenvalue weighted by atomic mass is 32.1. The van der Waals surface area contributed by atoms with E-state index < -0.39 is 0 Å². The van der Waals surface area contributed by atoms with Crippen LogP contribution < -0.4 is 11.1 Å². The van der Waals surface area contributed by atoms with Gasteiger partial charge < -0.3 is 11.1 Å². The van der Waals surface area contributed by atoms with Crippen LogP contribution in [0.5, 0.6) is 0 Å². The largest absolute Gasteiger partial charge is 0.389 e. The molecule has 1 aliphatic rings. The Morgan fingerprint density at radius 1 is 1.32 bits per heavy atom. The minimum Gasteiger partial charge on any atom is -0.389 e. The number of thiocarbonyl (C=S) groups is 1. The van der Waals surface area contributed by atoms with Gasteiger partial charge in [-0.1, -0.05) is 37.7 Å². The lowest BCUT2D eigenvalue weighted by Gasteiger charge is -2.11. The minimum absolute atomic E-state index is 0.0194. The molecule has 4 heteroatoms. The van der Waals surface area contributed by atoms with Crippen molar-refractivity contribution in [2.45, 2.75) is 26.2 Å². The molecule has 3 nitrogen and oxygen atoms in total. The van der Waals surface area contributed by atoms with Crippen molar-refractivity contribution in [3.63, 3.8) is 0 Å². The Kier molecular flexibility index (Phi) is 4.53. The molecule has 1 fully saturated rings. The second-order valence-electron chi connectivity index (χ2n) is 5.44. The van der Waals surface area contributed by atoms with Gasteiger partial charge in [0, 0.05) is 17.7 Å². The first-order valence-corrected chi connectivity index (χ1v) is 7.15. The third kappa shape index (κ3) is 3.77. The summed E-state index contributed by atoms with van der Waals surface area (Å²) in [5.74, 6) is 1.41. The van der Waals surface area contributed by atoms with Crippen molar-refractivity contribution in [2.75, 3.05) is 6.54 Å². The van der Waals surface area contributed by atoms with Crippen LogP contribution in [0, 0.1) is 11.8 Å². The van der Waals surface area contributed by atoms with Crippen molar-refractivity contribution in [2.24, 2.45) is 17.6 Å². The van der Waals surface area contributed by atoms with Gasteiger partial charge >= 0.3 is 0 Å². The van der Waals surface area contributed by atoms with Gasteiger partial charge in [-0.25, -0.2) is 0 Å². The molecule has 1 aromatic carbocycles. The van der Waals surface area contributed by atoms with E-state index in [1.54, 1.807) is 24.3 Å². The maximum Gasteiger partial charge on any atom is 0.251 e. The number of hydrogen-bond donors (Lipinski definition) is 2. The van der Waals surface area contributed by atoms with Crippen LogP contribution in [0.15, 0.2) is 24.3 Å². The summed E-state index contributed by atoms with van der Waals surface area (Å²) < 4.78 is 0. The smallest absolute Gasteiger partial charge is 0.251 e. The molecule has 2 rings (SSSR count). The average Bonchev–Trinajstić information content (AvgIpc) is 2.82. The third-order valence-corrected chi connectivity index (χ3v) is 4.02. The zero-order chi connectivity index (χ0) is 13.8. The Hall–Kier alpha value is -1.42. The summed E-state index contributed by atoms with van der Waals surface area (Å²) in [6.07, 6.45) is 3.73. The van der Waals surface area contributed by atoms with Gasteiger partial charge in [0.15, 0.2) is 0 Å². The maximum absolute atomic E-state index is 12.0. The molecule has 0 aromatic heterocycles. The Bertz CT molecular complexity index is 470. The van der Waals surface area contributed by atoms with Crippen LogP contribution in [0.2, 0.25) is 0 Å². The Morgan fingerprint density at radius 3 is 2.47 bits per heavy atom. The van der Waals surface area contributed by atoms with E-state index in [0.29, 0.717) is 16.5 Å². The molecule has 2 atom stereocenters. The van der Waals surface area contributed by atoms with Crippen molar-refractivity contribution in [3.05, 3.63) is 35.4 Å². The fraction of sp³-hybridized carbons (Fsp3) is 0.467. The van der Waals surface area contributed by atoms with Crippen LogP contribution in [0.4, 0.5) is 0 Å². The van der Waals surface area contributed by atoms with Crippen LogP contribution in [0.3, 0.4) is 0 Å². The van der Waals surface area contributed by atoms with E-state index in [1.165, 1.54) is 19.3 Å². The highest BCUT2D eigenvalue weighted by Gasteiger charge is 2.21. The molecule has 19 heavy (non-hydrogen) atoms. The highest BCUT2D eigenvalue weighted by Crippen LogP contribution is 2.29. The van der Waals surface area contributed by atoms with Crippen LogP contribution in [0.25, 0.3) is 0 Å². The molecule has 2 unspecified atom stereocenters. The van der Waals surface area contributed by atoms with Gasteiger partial charge in [0.1, 0.15) is 4.99 Å². The first-order chi connectivity index (χ1) is 9.06. The molecule has 3 N–H and O–H groups in total. The molecule has 1 aliphatic carbocycles. The summed E-state index contributed by atoms with van der Waals surface area (Å²) >= 11 is 4.88. The number of carbonyl (C=O) groups is 1. The van der Waals surface area contributed by atoms with Crippen LogP contribution in [0.1, 0.15) is 42.1 Å². The van der Waals surface area contributed by atoms with Gasteiger partial charge in [-0.2, -0.15) is 0 Å². The number of nitrogens with one attached hydrogen (secondary N) is 1. The summed E-state index contributed by atoms with van der Waals surface area (Å²) in [4.78, 5) is 12.3. The van der Waals surface area contributed by atoms with Crippen molar-refractivity contribution in [3.8, 4) is 0 Å². The van der Waals surface area contributed by atoms with Crippen molar-refractivity contribution in [1.82, 2.24) is 5.32 Å². The first-order valence-electron chi connectivity index (χ1n) is 6.74. The van der Waals surface area contributed by atoms with E-state index in [9.17, 15) is 4.79 Å². The lowest BCUT2D eigenvalue weighted by atomic mass is 10.1. The summed E-state index contributed by atoms with van der Waals surface area (Å²) in [5, 5.41) is 3.01. The van der Waals surface area contributed by atoms with Gasteiger partial charge in [0.2, 0.25) is 0 Å². The number of nitrogens with two attached hydrogens (primary N) is 1. The van der Waals surface area contributed by atoms with E-state index in [1.807, 2.05) is 0 Å². The van der Waals surface area contributed by atoms with Gasteiger partial charge in [0.25, 0.3) is 5.91 Å². The summed E-state index contributed by atoms with van der Waals surface area (Å²) in [5.41, 5.74) is 6.97. The predicted octanol–water partition coefficient (Wildman–Crippen LogP) is 2.49. The summed E-state index contributed by atoms with van der Waals surface area (Å²) in [6.45, 7) is 3.05. The molecule has 0 aliphatic heterocycles. The molecule has 0 radical (unpaired) electrons. The van der Waals surface area contributed by atoms with E-state index in [4.69, 9.17) is 18.0 Å². The van der Waals surface area contributed by atoms with Crippen LogP contribution >= 0.6 is 12.2 Å². The quantitative estimate of drug-likeness (QED) is 0.831. The number of benzene rings is 1. The standard InChI is InChI=1S/C15H20N2OS/c1-10-2-3-11(8-10)9-17-15(18)13-6-4-12(5-7-13)14(16)19/h4-7,10-11H,2-3,8-9H2,1H3,(H2,16,19)(H,17,18). The topological polar surface area (TPSA) is 55.1 Å². The zero-order valence-electron chi connectivity index (χ0n) is 11.2. The van der Waals surface area contributed by atoms with E-state index in [0.717, 1.165) is 18.0 Å². The Labute approximate surface area is 119 Å². The molecule has 0 saturated heterocycles. The molecule has 0 bridgehead atoms. The summed E-state index contributed by atoms with van der Waals surface area (Å²) in [6, 6.07) is 7.10. The van der Waals surface area contributed by atoms with Crippen molar-refractivity contribution >= 4 is 23.1 Å².